The topological polar surface area (TPSA) is 52.6 Å². The van der Waals surface area contributed by atoms with Crippen LogP contribution in [0, 0.1) is 6.92 Å². The van der Waals surface area contributed by atoms with Crippen molar-refractivity contribution >= 4 is 5.91 Å². The van der Waals surface area contributed by atoms with E-state index < -0.39 is 0 Å². The largest absolute Gasteiger partial charge is 0.508 e. The Morgan fingerprint density at radius 1 is 1.24 bits per heavy atom. The van der Waals surface area contributed by atoms with Crippen LogP contribution in [-0.2, 0) is 4.79 Å². The maximum absolute atomic E-state index is 12.4. The Balaban J connectivity index is 1.99. The summed E-state index contributed by atoms with van der Waals surface area (Å²) in [4.78, 5) is 14.4. The molecule has 0 spiro atoms. The lowest BCUT2D eigenvalue weighted by atomic mass is 10.0. The summed E-state index contributed by atoms with van der Waals surface area (Å²) in [5.74, 6) is 0.437. The first-order valence-corrected chi connectivity index (χ1v) is 7.83. The summed E-state index contributed by atoms with van der Waals surface area (Å²) in [5.41, 5.74) is 1.94. The van der Waals surface area contributed by atoms with E-state index >= 15 is 0 Å². The number of hydrogen-bond acceptors (Lipinski definition) is 3. The highest BCUT2D eigenvalue weighted by molar-refractivity contribution is 5.81. The molecule has 0 radical (unpaired) electrons. The fourth-order valence-corrected chi connectivity index (χ4v) is 2.94. The summed E-state index contributed by atoms with van der Waals surface area (Å²) in [6, 6.07) is 5.26. The molecule has 2 N–H and O–H groups in total. The van der Waals surface area contributed by atoms with Crippen molar-refractivity contribution in [2.24, 2.45) is 0 Å². The number of amides is 1. The molecule has 2 rings (SSSR count). The van der Waals surface area contributed by atoms with Gasteiger partial charge in [0, 0.05) is 24.7 Å². The molecule has 1 aliphatic rings. The lowest BCUT2D eigenvalue weighted by molar-refractivity contribution is -0.134. The first-order chi connectivity index (χ1) is 9.99. The van der Waals surface area contributed by atoms with Gasteiger partial charge < -0.3 is 10.0 Å². The predicted octanol–water partition coefficient (Wildman–Crippen LogP) is 2.75. The molecule has 4 heteroatoms. The molecule has 1 aliphatic heterocycles. The van der Waals surface area contributed by atoms with Crippen LogP contribution < -0.4 is 5.32 Å². The predicted molar refractivity (Wildman–Crippen MR) is 84.3 cm³/mol. The van der Waals surface area contributed by atoms with Gasteiger partial charge in [0.15, 0.2) is 0 Å². The van der Waals surface area contributed by atoms with Crippen molar-refractivity contribution in [3.63, 3.8) is 0 Å². The number of carbonyl (C=O) groups is 1. The van der Waals surface area contributed by atoms with Gasteiger partial charge in [-0.15, -0.1) is 0 Å². The molecule has 2 unspecified atom stereocenters. The number of carbonyl (C=O) groups excluding carboxylic acids is 1. The molecule has 4 nitrogen and oxygen atoms in total. The van der Waals surface area contributed by atoms with Crippen molar-refractivity contribution in [3.8, 4) is 5.75 Å². The molecule has 0 aliphatic carbocycles. The molecule has 21 heavy (non-hydrogen) atoms. The molecular formula is C17H26N2O2. The molecular weight excluding hydrogens is 264 g/mol. The molecule has 0 saturated carbocycles. The normalized spacial score (nSPS) is 18.3. The van der Waals surface area contributed by atoms with Crippen molar-refractivity contribution in [2.45, 2.75) is 52.1 Å². The first-order valence-electron chi connectivity index (χ1n) is 7.83. The summed E-state index contributed by atoms with van der Waals surface area (Å²) in [6.45, 7) is 7.62. The standard InChI is InChI=1S/C17H26N2O2/c1-12-7-8-16(20)15(11-12)13(2)18-14(3)17(21)19-9-5-4-6-10-19/h7-8,11,13-14,18,20H,4-6,9-10H2,1-3H3. The maximum atomic E-state index is 12.4. The van der Waals surface area contributed by atoms with Gasteiger partial charge in [0.25, 0.3) is 0 Å². The molecule has 1 heterocycles. The summed E-state index contributed by atoms with van der Waals surface area (Å²) >= 11 is 0. The van der Waals surface area contributed by atoms with Crippen LogP contribution in [0.3, 0.4) is 0 Å². The highest BCUT2D eigenvalue weighted by atomic mass is 16.3. The Morgan fingerprint density at radius 3 is 2.57 bits per heavy atom. The summed E-state index contributed by atoms with van der Waals surface area (Å²) in [7, 11) is 0. The number of aromatic hydroxyl groups is 1. The van der Waals surface area contributed by atoms with Gasteiger partial charge in [0.1, 0.15) is 5.75 Å². The minimum Gasteiger partial charge on any atom is -0.508 e. The lowest BCUT2D eigenvalue weighted by Gasteiger charge is -2.30. The number of nitrogens with one attached hydrogen (secondary N) is 1. The van der Waals surface area contributed by atoms with E-state index in [2.05, 4.69) is 5.32 Å². The van der Waals surface area contributed by atoms with E-state index in [1.54, 1.807) is 6.07 Å². The smallest absolute Gasteiger partial charge is 0.239 e. The number of rotatable bonds is 4. The molecule has 1 saturated heterocycles. The van der Waals surface area contributed by atoms with Crippen LogP contribution >= 0.6 is 0 Å². The summed E-state index contributed by atoms with van der Waals surface area (Å²) < 4.78 is 0. The molecule has 1 aromatic carbocycles. The second-order valence-corrected chi connectivity index (χ2v) is 6.06. The van der Waals surface area contributed by atoms with Gasteiger partial charge in [-0.1, -0.05) is 17.7 Å². The molecule has 1 aromatic rings. The van der Waals surface area contributed by atoms with Crippen molar-refractivity contribution in [3.05, 3.63) is 29.3 Å². The van der Waals surface area contributed by atoms with Gasteiger partial charge >= 0.3 is 0 Å². The highest BCUT2D eigenvalue weighted by Gasteiger charge is 2.24. The van der Waals surface area contributed by atoms with Crippen LogP contribution in [0.15, 0.2) is 18.2 Å². The van der Waals surface area contributed by atoms with E-state index in [4.69, 9.17) is 0 Å². The van der Waals surface area contributed by atoms with Crippen LogP contribution in [0.5, 0.6) is 5.75 Å². The van der Waals surface area contributed by atoms with Crippen molar-refractivity contribution in [2.75, 3.05) is 13.1 Å². The second-order valence-electron chi connectivity index (χ2n) is 6.06. The average molecular weight is 290 g/mol. The van der Waals surface area contributed by atoms with Gasteiger partial charge in [0.05, 0.1) is 6.04 Å². The summed E-state index contributed by atoms with van der Waals surface area (Å²) in [6.07, 6.45) is 3.43. The SMILES string of the molecule is Cc1ccc(O)c(C(C)NC(C)C(=O)N2CCCCC2)c1. The number of phenols is 1. The molecule has 1 fully saturated rings. The van der Waals surface area contributed by atoms with E-state index in [1.165, 1.54) is 6.42 Å². The molecule has 1 amide bonds. The third-order valence-corrected chi connectivity index (χ3v) is 4.19. The van der Waals surface area contributed by atoms with Crippen LogP contribution in [0.1, 0.15) is 50.3 Å². The Labute approximate surface area is 127 Å². The zero-order valence-corrected chi connectivity index (χ0v) is 13.2. The van der Waals surface area contributed by atoms with Crippen molar-refractivity contribution < 1.29 is 9.90 Å². The maximum Gasteiger partial charge on any atom is 0.239 e. The number of benzene rings is 1. The number of phenolic OH excluding ortho intramolecular Hbond substituents is 1. The van der Waals surface area contributed by atoms with Crippen LogP contribution in [0.25, 0.3) is 0 Å². The van der Waals surface area contributed by atoms with E-state index in [9.17, 15) is 9.90 Å². The van der Waals surface area contributed by atoms with Gasteiger partial charge in [-0.05, 0) is 46.1 Å². The van der Waals surface area contributed by atoms with Crippen LogP contribution in [0.4, 0.5) is 0 Å². The summed E-state index contributed by atoms with van der Waals surface area (Å²) in [5, 5.41) is 13.3. The number of nitrogens with zero attached hydrogens (tertiary/aromatic N) is 1. The monoisotopic (exact) mass is 290 g/mol. The van der Waals surface area contributed by atoms with E-state index in [-0.39, 0.29) is 23.7 Å². The van der Waals surface area contributed by atoms with Crippen LogP contribution in [0.2, 0.25) is 0 Å². The molecule has 0 bridgehead atoms. The fraction of sp³-hybridized carbons (Fsp3) is 0.588. The number of likely N-dealkylation sites (tertiary alicyclic amines) is 1. The average Bonchev–Trinajstić information content (AvgIpc) is 2.49. The third-order valence-electron chi connectivity index (χ3n) is 4.19. The minimum atomic E-state index is -0.238. The Morgan fingerprint density at radius 2 is 1.90 bits per heavy atom. The second kappa shape index (κ2) is 6.94. The number of hydrogen-bond donors (Lipinski definition) is 2. The number of aryl methyl sites for hydroxylation is 1. The van der Waals surface area contributed by atoms with Gasteiger partial charge in [-0.25, -0.2) is 0 Å². The van der Waals surface area contributed by atoms with Crippen molar-refractivity contribution in [1.29, 1.82) is 0 Å². The Kier molecular flexibility index (Phi) is 5.23. The molecule has 2 atom stereocenters. The third kappa shape index (κ3) is 3.97. The van der Waals surface area contributed by atoms with E-state index in [0.29, 0.717) is 0 Å². The quantitative estimate of drug-likeness (QED) is 0.896. The minimum absolute atomic E-state index is 0.0614. The zero-order valence-electron chi connectivity index (χ0n) is 13.2. The van der Waals surface area contributed by atoms with Crippen molar-refractivity contribution in [1.82, 2.24) is 10.2 Å². The lowest BCUT2D eigenvalue weighted by Crippen LogP contribution is -2.47. The Hall–Kier alpha value is -1.55. The van der Waals surface area contributed by atoms with Gasteiger partial charge in [0.2, 0.25) is 5.91 Å². The zero-order chi connectivity index (χ0) is 15.4. The highest BCUT2D eigenvalue weighted by Crippen LogP contribution is 2.25. The van der Waals surface area contributed by atoms with Gasteiger partial charge in [-0.3, -0.25) is 10.1 Å². The number of piperidine rings is 1. The first kappa shape index (κ1) is 15.8. The van der Waals surface area contributed by atoms with Crippen LogP contribution in [-0.4, -0.2) is 35.0 Å². The van der Waals surface area contributed by atoms with Gasteiger partial charge in [-0.2, -0.15) is 0 Å². The fourth-order valence-electron chi connectivity index (χ4n) is 2.94. The Bertz CT molecular complexity index is 496. The molecule has 0 aromatic heterocycles. The molecule has 116 valence electrons. The van der Waals surface area contributed by atoms with E-state index in [0.717, 1.165) is 37.1 Å². The van der Waals surface area contributed by atoms with E-state index in [1.807, 2.05) is 37.8 Å².